The molecule has 0 aliphatic carbocycles. The first-order valence-corrected chi connectivity index (χ1v) is 6.98. The van der Waals surface area contributed by atoms with Crippen molar-refractivity contribution in [2.45, 2.75) is 6.54 Å². The van der Waals surface area contributed by atoms with Gasteiger partial charge in [-0.05, 0) is 18.2 Å². The molecule has 0 saturated heterocycles. The fraction of sp³-hybridized carbons (Fsp3) is 0.0769. The standard InChI is InChI=1S/C13H9ClFN3OS/c14-13-18-5-8(20-13)4-16-7-1-2-9-10(3-7)12(19)17-6-11(9)15/h1-3,5-6,16H,4H2,(H,17,19). The van der Waals surface area contributed by atoms with E-state index in [9.17, 15) is 9.18 Å². The van der Waals surface area contributed by atoms with Gasteiger partial charge in [0.25, 0.3) is 5.56 Å². The molecule has 4 nitrogen and oxygen atoms in total. The smallest absolute Gasteiger partial charge is 0.256 e. The van der Waals surface area contributed by atoms with Crippen molar-refractivity contribution in [3.05, 3.63) is 56.1 Å². The maximum Gasteiger partial charge on any atom is 0.256 e. The largest absolute Gasteiger partial charge is 0.380 e. The molecule has 0 aliphatic heterocycles. The Labute approximate surface area is 122 Å². The van der Waals surface area contributed by atoms with Crippen LogP contribution in [0.1, 0.15) is 4.88 Å². The SMILES string of the molecule is O=c1[nH]cc(F)c2ccc(NCc3cnc(Cl)s3)cc12. The Morgan fingerprint density at radius 2 is 2.25 bits per heavy atom. The number of nitrogens with zero attached hydrogens (tertiary/aromatic N) is 1. The predicted molar refractivity (Wildman–Crippen MR) is 79.0 cm³/mol. The summed E-state index contributed by atoms with van der Waals surface area (Å²) in [6.07, 6.45) is 2.75. The van der Waals surface area contributed by atoms with Gasteiger partial charge in [0.2, 0.25) is 0 Å². The van der Waals surface area contributed by atoms with Crippen LogP contribution in [0.25, 0.3) is 10.8 Å². The summed E-state index contributed by atoms with van der Waals surface area (Å²) >= 11 is 7.13. The van der Waals surface area contributed by atoms with E-state index in [1.54, 1.807) is 24.4 Å². The topological polar surface area (TPSA) is 57.8 Å². The predicted octanol–water partition coefficient (Wildman–Crippen LogP) is 3.39. The van der Waals surface area contributed by atoms with Crippen LogP contribution in [-0.4, -0.2) is 9.97 Å². The summed E-state index contributed by atoms with van der Waals surface area (Å²) in [5.41, 5.74) is 0.420. The van der Waals surface area contributed by atoms with Crippen LogP contribution in [0.5, 0.6) is 0 Å². The van der Waals surface area contributed by atoms with Gasteiger partial charge in [0.05, 0.1) is 11.9 Å². The van der Waals surface area contributed by atoms with Crippen molar-refractivity contribution < 1.29 is 4.39 Å². The Kier molecular flexibility index (Phi) is 3.42. The number of hydrogen-bond donors (Lipinski definition) is 2. The lowest BCUT2D eigenvalue weighted by Gasteiger charge is -2.06. The van der Waals surface area contributed by atoms with E-state index in [1.165, 1.54) is 11.3 Å². The molecule has 20 heavy (non-hydrogen) atoms. The minimum Gasteiger partial charge on any atom is -0.380 e. The third kappa shape index (κ3) is 2.52. The van der Waals surface area contributed by atoms with Crippen molar-refractivity contribution in [2.75, 3.05) is 5.32 Å². The van der Waals surface area contributed by atoms with Gasteiger partial charge in [-0.15, -0.1) is 11.3 Å². The van der Waals surface area contributed by atoms with Gasteiger partial charge in [-0.3, -0.25) is 4.79 Å². The second-order valence-corrected chi connectivity index (χ2v) is 5.86. The fourth-order valence-corrected chi connectivity index (χ4v) is 2.81. The number of pyridine rings is 1. The van der Waals surface area contributed by atoms with Crippen LogP contribution in [0.15, 0.2) is 35.4 Å². The van der Waals surface area contributed by atoms with Crippen LogP contribution in [0.2, 0.25) is 4.47 Å². The summed E-state index contributed by atoms with van der Waals surface area (Å²) < 4.78 is 14.0. The Bertz CT molecular complexity index is 830. The number of hydrogen-bond acceptors (Lipinski definition) is 4. The van der Waals surface area contributed by atoms with Crippen LogP contribution in [-0.2, 0) is 6.54 Å². The third-order valence-electron chi connectivity index (χ3n) is 2.84. The average molecular weight is 310 g/mol. The Morgan fingerprint density at radius 1 is 1.40 bits per heavy atom. The quantitative estimate of drug-likeness (QED) is 0.779. The lowest BCUT2D eigenvalue weighted by atomic mass is 10.1. The van der Waals surface area contributed by atoms with Gasteiger partial charge in [-0.2, -0.15) is 0 Å². The fourth-order valence-electron chi connectivity index (χ4n) is 1.89. The molecule has 102 valence electrons. The number of aromatic amines is 1. The second-order valence-electron chi connectivity index (χ2n) is 4.16. The van der Waals surface area contributed by atoms with Crippen LogP contribution < -0.4 is 10.9 Å². The van der Waals surface area contributed by atoms with Crippen molar-refractivity contribution >= 4 is 39.4 Å². The molecule has 0 fully saturated rings. The number of H-pyrrole nitrogens is 1. The molecule has 2 heterocycles. The van der Waals surface area contributed by atoms with Crippen LogP contribution in [0.4, 0.5) is 10.1 Å². The first-order valence-electron chi connectivity index (χ1n) is 5.78. The van der Waals surface area contributed by atoms with Crippen molar-refractivity contribution in [1.29, 1.82) is 0 Å². The zero-order valence-electron chi connectivity index (χ0n) is 10.1. The van der Waals surface area contributed by atoms with Gasteiger partial charge in [-0.1, -0.05) is 11.6 Å². The lowest BCUT2D eigenvalue weighted by molar-refractivity contribution is 0.633. The first-order chi connectivity index (χ1) is 9.63. The van der Waals surface area contributed by atoms with Crippen molar-refractivity contribution in [1.82, 2.24) is 9.97 Å². The van der Waals surface area contributed by atoms with E-state index in [0.29, 0.717) is 21.8 Å². The molecular formula is C13H9ClFN3OS. The van der Waals surface area contributed by atoms with E-state index >= 15 is 0 Å². The first kappa shape index (κ1) is 13.1. The number of rotatable bonds is 3. The molecule has 2 N–H and O–H groups in total. The maximum absolute atomic E-state index is 13.5. The number of benzene rings is 1. The summed E-state index contributed by atoms with van der Waals surface area (Å²) in [6, 6.07) is 4.94. The molecule has 0 atom stereocenters. The van der Waals surface area contributed by atoms with Crippen LogP contribution >= 0.6 is 22.9 Å². The van der Waals surface area contributed by atoms with Gasteiger partial charge in [0.1, 0.15) is 5.82 Å². The molecule has 0 spiro atoms. The Hall–Kier alpha value is -1.92. The summed E-state index contributed by atoms with van der Waals surface area (Å²) in [4.78, 5) is 19.0. The molecular weight excluding hydrogens is 301 g/mol. The zero-order valence-corrected chi connectivity index (χ0v) is 11.7. The summed E-state index contributed by atoms with van der Waals surface area (Å²) in [7, 11) is 0. The minimum atomic E-state index is -0.444. The van der Waals surface area contributed by atoms with Crippen molar-refractivity contribution in [3.63, 3.8) is 0 Å². The highest BCUT2D eigenvalue weighted by atomic mass is 35.5. The number of fused-ring (bicyclic) bond motifs is 1. The van der Waals surface area contributed by atoms with E-state index in [4.69, 9.17) is 11.6 Å². The minimum absolute atomic E-state index is 0.306. The third-order valence-corrected chi connectivity index (χ3v) is 3.96. The molecule has 0 saturated carbocycles. The number of nitrogens with one attached hydrogen (secondary N) is 2. The molecule has 0 radical (unpaired) electrons. The van der Waals surface area contributed by atoms with E-state index in [1.807, 2.05) is 0 Å². The highest BCUT2D eigenvalue weighted by Crippen LogP contribution is 2.21. The average Bonchev–Trinajstić information content (AvgIpc) is 2.86. The number of aromatic nitrogens is 2. The second kappa shape index (κ2) is 5.22. The van der Waals surface area contributed by atoms with E-state index in [-0.39, 0.29) is 5.56 Å². The van der Waals surface area contributed by atoms with Gasteiger partial charge in [0, 0.05) is 28.3 Å². The summed E-state index contributed by atoms with van der Waals surface area (Å²) in [5.74, 6) is -0.444. The zero-order chi connectivity index (χ0) is 14.1. The molecule has 1 aromatic carbocycles. The maximum atomic E-state index is 13.5. The molecule has 3 aromatic rings. The van der Waals surface area contributed by atoms with Gasteiger partial charge in [0.15, 0.2) is 4.47 Å². The number of anilines is 1. The monoisotopic (exact) mass is 309 g/mol. The molecule has 2 aromatic heterocycles. The molecule has 0 aliphatic rings. The number of halogens is 2. The molecule has 0 bridgehead atoms. The van der Waals surface area contributed by atoms with E-state index in [0.717, 1.165) is 16.8 Å². The van der Waals surface area contributed by atoms with Gasteiger partial charge < -0.3 is 10.3 Å². The normalized spacial score (nSPS) is 10.9. The van der Waals surface area contributed by atoms with E-state index in [2.05, 4.69) is 15.3 Å². The molecule has 7 heteroatoms. The Balaban J connectivity index is 1.89. The van der Waals surface area contributed by atoms with Crippen LogP contribution in [0.3, 0.4) is 0 Å². The number of thiazole rings is 1. The Morgan fingerprint density at radius 3 is 3.00 bits per heavy atom. The highest BCUT2D eigenvalue weighted by molar-refractivity contribution is 7.15. The van der Waals surface area contributed by atoms with Crippen molar-refractivity contribution in [2.24, 2.45) is 0 Å². The van der Waals surface area contributed by atoms with Gasteiger partial charge in [-0.25, -0.2) is 9.37 Å². The molecule has 0 amide bonds. The summed E-state index contributed by atoms with van der Waals surface area (Å²) in [6.45, 7) is 0.545. The van der Waals surface area contributed by atoms with E-state index < -0.39 is 5.82 Å². The lowest BCUT2D eigenvalue weighted by Crippen LogP contribution is -2.07. The van der Waals surface area contributed by atoms with Crippen LogP contribution in [0, 0.1) is 5.82 Å². The summed E-state index contributed by atoms with van der Waals surface area (Å²) in [5, 5.41) is 3.77. The highest BCUT2D eigenvalue weighted by Gasteiger charge is 2.06. The van der Waals surface area contributed by atoms with Gasteiger partial charge >= 0.3 is 0 Å². The molecule has 0 unspecified atom stereocenters. The molecule has 3 rings (SSSR count). The van der Waals surface area contributed by atoms with Crippen molar-refractivity contribution in [3.8, 4) is 0 Å².